The second kappa shape index (κ2) is 11.6. The van der Waals surface area contributed by atoms with Crippen LogP contribution in [0.4, 0.5) is 11.4 Å². The summed E-state index contributed by atoms with van der Waals surface area (Å²) in [6.45, 7) is 6.12. The largest absolute Gasteiger partial charge is 0.491 e. The Bertz CT molecular complexity index is 1250. The predicted octanol–water partition coefficient (Wildman–Crippen LogP) is 4.48. The van der Waals surface area contributed by atoms with Crippen molar-refractivity contribution >= 4 is 29.2 Å². The van der Waals surface area contributed by atoms with E-state index in [9.17, 15) is 14.4 Å². The molecule has 2 amide bonds. The van der Waals surface area contributed by atoms with Crippen molar-refractivity contribution in [2.75, 3.05) is 43.5 Å². The number of methoxy groups -OCH3 is 1. The van der Waals surface area contributed by atoms with Gasteiger partial charge >= 0.3 is 5.97 Å². The fourth-order valence-electron chi connectivity index (χ4n) is 4.22. The van der Waals surface area contributed by atoms with Crippen molar-refractivity contribution in [2.45, 2.75) is 20.0 Å². The van der Waals surface area contributed by atoms with E-state index in [4.69, 9.17) is 9.47 Å². The van der Waals surface area contributed by atoms with E-state index in [0.29, 0.717) is 54.3 Å². The number of hydrogen-bond donors (Lipinski definition) is 1. The van der Waals surface area contributed by atoms with Gasteiger partial charge in [0, 0.05) is 37.3 Å². The Kier molecular flexibility index (Phi) is 8.08. The summed E-state index contributed by atoms with van der Waals surface area (Å²) < 4.78 is 10.5. The standard InChI is InChI=1S/C29H31N3O5/c1-20(2)37-24-12-9-21(10-13-24)27(33)30-25-19-23(29(35)36-3)11-14-26(25)31-15-17-32(18-16-31)28(34)22-7-5-4-6-8-22/h4-14,19-20H,15-18H2,1-3H3,(H,30,33). The molecule has 0 bridgehead atoms. The van der Waals surface area contributed by atoms with Crippen LogP contribution in [-0.2, 0) is 4.74 Å². The van der Waals surface area contributed by atoms with Gasteiger partial charge in [-0.3, -0.25) is 9.59 Å². The number of piperazine rings is 1. The molecule has 1 saturated heterocycles. The minimum atomic E-state index is -0.490. The lowest BCUT2D eigenvalue weighted by molar-refractivity contribution is 0.0600. The molecule has 1 aliphatic rings. The molecule has 8 nitrogen and oxygen atoms in total. The Hall–Kier alpha value is -4.33. The maximum atomic E-state index is 13.1. The van der Waals surface area contributed by atoms with Crippen LogP contribution in [0.2, 0.25) is 0 Å². The molecule has 3 aromatic rings. The number of nitrogens with one attached hydrogen (secondary N) is 1. The molecule has 0 atom stereocenters. The van der Waals surface area contributed by atoms with Gasteiger partial charge in [-0.2, -0.15) is 0 Å². The van der Waals surface area contributed by atoms with Crippen molar-refractivity contribution in [2.24, 2.45) is 0 Å². The van der Waals surface area contributed by atoms with Gasteiger partial charge in [0.1, 0.15) is 5.75 Å². The minimum absolute atomic E-state index is 0.000270. The molecule has 1 fully saturated rings. The molecule has 0 radical (unpaired) electrons. The molecular weight excluding hydrogens is 470 g/mol. The van der Waals surface area contributed by atoms with Gasteiger partial charge in [0.15, 0.2) is 0 Å². The van der Waals surface area contributed by atoms with Crippen LogP contribution >= 0.6 is 0 Å². The fourth-order valence-corrected chi connectivity index (χ4v) is 4.22. The predicted molar refractivity (Wildman–Crippen MR) is 142 cm³/mol. The first kappa shape index (κ1) is 25.8. The topological polar surface area (TPSA) is 88.2 Å². The number of anilines is 2. The quantitative estimate of drug-likeness (QED) is 0.481. The molecule has 192 valence electrons. The van der Waals surface area contributed by atoms with Gasteiger partial charge in [-0.1, -0.05) is 18.2 Å². The zero-order chi connectivity index (χ0) is 26.4. The van der Waals surface area contributed by atoms with Crippen LogP contribution < -0.4 is 15.0 Å². The molecule has 1 heterocycles. The second-order valence-corrected chi connectivity index (χ2v) is 9.01. The van der Waals surface area contributed by atoms with E-state index < -0.39 is 5.97 Å². The van der Waals surface area contributed by atoms with Gasteiger partial charge in [0.2, 0.25) is 0 Å². The molecule has 0 aliphatic carbocycles. The number of carbonyl (C=O) groups is 3. The second-order valence-electron chi connectivity index (χ2n) is 9.01. The van der Waals surface area contributed by atoms with Gasteiger partial charge in [0.05, 0.1) is 30.2 Å². The number of nitrogens with zero attached hydrogens (tertiary/aromatic N) is 2. The van der Waals surface area contributed by atoms with Gasteiger partial charge in [-0.25, -0.2) is 4.79 Å². The van der Waals surface area contributed by atoms with Crippen LogP contribution in [0, 0.1) is 0 Å². The van der Waals surface area contributed by atoms with Crippen LogP contribution in [0.15, 0.2) is 72.8 Å². The SMILES string of the molecule is COC(=O)c1ccc(N2CCN(C(=O)c3ccccc3)CC2)c(NC(=O)c2ccc(OC(C)C)cc2)c1. The number of rotatable bonds is 7. The number of benzene rings is 3. The Balaban J connectivity index is 1.51. The molecule has 1 N–H and O–H groups in total. The van der Waals surface area contributed by atoms with E-state index in [1.165, 1.54) is 7.11 Å². The molecule has 8 heteroatoms. The van der Waals surface area contributed by atoms with E-state index in [1.807, 2.05) is 49.1 Å². The number of amides is 2. The summed E-state index contributed by atoms with van der Waals surface area (Å²) in [5, 5.41) is 2.95. The van der Waals surface area contributed by atoms with Crippen LogP contribution in [0.1, 0.15) is 44.9 Å². The third-order valence-corrected chi connectivity index (χ3v) is 6.08. The summed E-state index contributed by atoms with van der Waals surface area (Å²) in [5.74, 6) is -0.115. The monoisotopic (exact) mass is 501 g/mol. The van der Waals surface area contributed by atoms with E-state index in [-0.39, 0.29) is 17.9 Å². The van der Waals surface area contributed by atoms with Gasteiger partial charge in [-0.05, 0) is 68.4 Å². The van der Waals surface area contributed by atoms with Gasteiger partial charge in [0.25, 0.3) is 11.8 Å². The molecule has 37 heavy (non-hydrogen) atoms. The van der Waals surface area contributed by atoms with Gasteiger partial charge in [-0.15, -0.1) is 0 Å². The van der Waals surface area contributed by atoms with Crippen molar-refractivity contribution in [3.8, 4) is 5.75 Å². The number of ether oxygens (including phenoxy) is 2. The fraction of sp³-hybridized carbons (Fsp3) is 0.276. The van der Waals surface area contributed by atoms with E-state index in [1.54, 1.807) is 42.5 Å². The molecule has 1 aliphatic heterocycles. The van der Waals surface area contributed by atoms with Crippen LogP contribution in [0.5, 0.6) is 5.75 Å². The van der Waals surface area contributed by atoms with Crippen molar-refractivity contribution in [3.05, 3.63) is 89.5 Å². The molecule has 3 aromatic carbocycles. The lowest BCUT2D eigenvalue weighted by Crippen LogP contribution is -2.49. The highest BCUT2D eigenvalue weighted by Crippen LogP contribution is 2.30. The zero-order valence-corrected chi connectivity index (χ0v) is 21.3. The number of carbonyl (C=O) groups excluding carboxylic acids is 3. The summed E-state index contributed by atoms with van der Waals surface area (Å²) in [7, 11) is 1.32. The Morgan fingerprint density at radius 2 is 1.46 bits per heavy atom. The maximum Gasteiger partial charge on any atom is 0.337 e. The van der Waals surface area contributed by atoms with Crippen LogP contribution in [0.3, 0.4) is 0 Å². The van der Waals surface area contributed by atoms with E-state index in [2.05, 4.69) is 10.2 Å². The Morgan fingerprint density at radius 3 is 2.08 bits per heavy atom. The summed E-state index contributed by atoms with van der Waals surface area (Å²) in [5.41, 5.74) is 2.73. The number of hydrogen-bond acceptors (Lipinski definition) is 6. The first-order chi connectivity index (χ1) is 17.9. The third-order valence-electron chi connectivity index (χ3n) is 6.08. The Labute approximate surface area is 216 Å². The van der Waals surface area contributed by atoms with Crippen LogP contribution in [0.25, 0.3) is 0 Å². The summed E-state index contributed by atoms with van der Waals surface area (Å²) in [6, 6.07) is 21.2. The highest BCUT2D eigenvalue weighted by Gasteiger charge is 2.25. The first-order valence-corrected chi connectivity index (χ1v) is 12.3. The Morgan fingerprint density at radius 1 is 0.811 bits per heavy atom. The van der Waals surface area contributed by atoms with Crippen molar-refractivity contribution in [1.29, 1.82) is 0 Å². The average molecular weight is 502 g/mol. The molecular formula is C29H31N3O5. The van der Waals surface area contributed by atoms with Crippen molar-refractivity contribution in [3.63, 3.8) is 0 Å². The lowest BCUT2D eigenvalue weighted by atomic mass is 10.1. The maximum absolute atomic E-state index is 13.1. The summed E-state index contributed by atoms with van der Waals surface area (Å²) in [6.07, 6.45) is 0.0340. The van der Waals surface area contributed by atoms with Crippen molar-refractivity contribution < 1.29 is 23.9 Å². The number of esters is 1. The highest BCUT2D eigenvalue weighted by atomic mass is 16.5. The molecule has 0 unspecified atom stereocenters. The molecule has 4 rings (SSSR count). The minimum Gasteiger partial charge on any atom is -0.491 e. The summed E-state index contributed by atoms with van der Waals surface area (Å²) in [4.78, 5) is 42.0. The molecule has 0 aromatic heterocycles. The molecule has 0 saturated carbocycles. The average Bonchev–Trinajstić information content (AvgIpc) is 2.93. The van der Waals surface area contributed by atoms with E-state index in [0.717, 1.165) is 5.69 Å². The highest BCUT2D eigenvalue weighted by molar-refractivity contribution is 6.07. The normalized spacial score (nSPS) is 13.3. The smallest absolute Gasteiger partial charge is 0.337 e. The zero-order valence-electron chi connectivity index (χ0n) is 21.3. The first-order valence-electron chi connectivity index (χ1n) is 12.3. The summed E-state index contributed by atoms with van der Waals surface area (Å²) >= 11 is 0. The van der Waals surface area contributed by atoms with E-state index >= 15 is 0 Å². The molecule has 0 spiro atoms. The third kappa shape index (κ3) is 6.27. The van der Waals surface area contributed by atoms with Crippen molar-refractivity contribution in [1.82, 2.24) is 4.90 Å². The van der Waals surface area contributed by atoms with Gasteiger partial charge < -0.3 is 24.6 Å². The lowest BCUT2D eigenvalue weighted by Gasteiger charge is -2.37. The van der Waals surface area contributed by atoms with Crippen LogP contribution in [-0.4, -0.2) is 62.1 Å².